The SMILES string of the molecule is Cc1cccc(Nc2cncc([C@@H]3CCCN(C(=O)CO)C3)n2)n1. The standard InChI is InChI=1S/C17H21N5O2/c1-12-4-2-6-15(19-12)21-16-9-18-8-14(20-16)13-5-3-7-22(10-13)17(24)11-23/h2,4,6,8-9,13,23H,3,5,7,10-11H2,1H3,(H,19,20,21)/t13-/m1/s1. The van der Waals surface area contributed by atoms with Gasteiger partial charge in [-0.2, -0.15) is 0 Å². The van der Waals surface area contributed by atoms with Crippen LogP contribution in [0.3, 0.4) is 0 Å². The maximum absolute atomic E-state index is 11.7. The third kappa shape index (κ3) is 3.86. The Bertz CT molecular complexity index is 722. The molecule has 7 heteroatoms. The number of rotatable bonds is 4. The fourth-order valence-electron chi connectivity index (χ4n) is 2.93. The van der Waals surface area contributed by atoms with Gasteiger partial charge in [0.2, 0.25) is 5.91 Å². The molecular formula is C17H21N5O2. The first-order valence-electron chi connectivity index (χ1n) is 8.07. The number of aromatic nitrogens is 3. The zero-order chi connectivity index (χ0) is 16.9. The maximum Gasteiger partial charge on any atom is 0.248 e. The highest BCUT2D eigenvalue weighted by atomic mass is 16.3. The van der Waals surface area contributed by atoms with Crippen molar-refractivity contribution < 1.29 is 9.90 Å². The molecule has 0 spiro atoms. The third-order valence-electron chi connectivity index (χ3n) is 4.13. The first-order valence-corrected chi connectivity index (χ1v) is 8.07. The van der Waals surface area contributed by atoms with E-state index in [2.05, 4.69) is 20.3 Å². The molecule has 0 bridgehead atoms. The van der Waals surface area contributed by atoms with E-state index >= 15 is 0 Å². The van der Waals surface area contributed by atoms with Gasteiger partial charge in [0.15, 0.2) is 0 Å². The van der Waals surface area contributed by atoms with Crippen molar-refractivity contribution in [3.8, 4) is 0 Å². The fourth-order valence-corrected chi connectivity index (χ4v) is 2.93. The van der Waals surface area contributed by atoms with E-state index in [4.69, 9.17) is 5.11 Å². The van der Waals surface area contributed by atoms with Crippen LogP contribution in [0.4, 0.5) is 11.6 Å². The first-order chi connectivity index (χ1) is 11.7. The number of nitrogens with zero attached hydrogens (tertiary/aromatic N) is 4. The number of likely N-dealkylation sites (tertiary alicyclic amines) is 1. The second-order valence-electron chi connectivity index (χ2n) is 5.96. The minimum absolute atomic E-state index is 0.133. The molecule has 1 aliphatic heterocycles. The van der Waals surface area contributed by atoms with Crippen molar-refractivity contribution in [2.75, 3.05) is 25.0 Å². The highest BCUT2D eigenvalue weighted by molar-refractivity contribution is 5.77. The molecule has 1 saturated heterocycles. The molecule has 1 aliphatic rings. The molecule has 0 radical (unpaired) electrons. The Morgan fingerprint density at radius 3 is 3.00 bits per heavy atom. The minimum Gasteiger partial charge on any atom is -0.387 e. The van der Waals surface area contributed by atoms with E-state index in [1.807, 2.05) is 25.1 Å². The van der Waals surface area contributed by atoms with E-state index in [1.54, 1.807) is 17.3 Å². The zero-order valence-electron chi connectivity index (χ0n) is 13.6. The molecule has 0 unspecified atom stereocenters. The molecule has 7 nitrogen and oxygen atoms in total. The van der Waals surface area contributed by atoms with E-state index in [1.165, 1.54) is 0 Å². The molecular weight excluding hydrogens is 306 g/mol. The molecule has 0 aromatic carbocycles. The van der Waals surface area contributed by atoms with Crippen molar-refractivity contribution in [1.29, 1.82) is 0 Å². The van der Waals surface area contributed by atoms with Gasteiger partial charge in [0.1, 0.15) is 18.2 Å². The molecule has 2 N–H and O–H groups in total. The van der Waals surface area contributed by atoms with Gasteiger partial charge in [-0.05, 0) is 31.9 Å². The molecule has 1 amide bonds. The molecule has 1 fully saturated rings. The van der Waals surface area contributed by atoms with Crippen LogP contribution in [0.2, 0.25) is 0 Å². The molecule has 126 valence electrons. The van der Waals surface area contributed by atoms with Crippen molar-refractivity contribution in [3.63, 3.8) is 0 Å². The predicted molar refractivity (Wildman–Crippen MR) is 89.9 cm³/mol. The van der Waals surface area contributed by atoms with Gasteiger partial charge in [0.05, 0.1) is 11.9 Å². The number of aliphatic hydroxyl groups excluding tert-OH is 1. The van der Waals surface area contributed by atoms with Crippen molar-refractivity contribution in [2.24, 2.45) is 0 Å². The Kier molecular flexibility index (Phi) is 5.00. The summed E-state index contributed by atoms with van der Waals surface area (Å²) in [6, 6.07) is 5.74. The number of amides is 1. The minimum atomic E-state index is -0.445. The molecule has 2 aromatic heterocycles. The van der Waals surface area contributed by atoms with Crippen LogP contribution in [0.25, 0.3) is 0 Å². The van der Waals surface area contributed by atoms with E-state index in [9.17, 15) is 4.79 Å². The quantitative estimate of drug-likeness (QED) is 0.887. The summed E-state index contributed by atoms with van der Waals surface area (Å²) in [7, 11) is 0. The Morgan fingerprint density at radius 1 is 1.33 bits per heavy atom. The molecule has 3 rings (SSSR count). The largest absolute Gasteiger partial charge is 0.387 e. The van der Waals surface area contributed by atoms with E-state index < -0.39 is 6.61 Å². The number of anilines is 2. The van der Waals surface area contributed by atoms with Gasteiger partial charge in [-0.25, -0.2) is 9.97 Å². The van der Waals surface area contributed by atoms with Crippen LogP contribution in [-0.2, 0) is 4.79 Å². The van der Waals surface area contributed by atoms with Crippen LogP contribution in [-0.4, -0.2) is 50.6 Å². The average Bonchev–Trinajstić information content (AvgIpc) is 2.61. The van der Waals surface area contributed by atoms with Gasteiger partial charge >= 0.3 is 0 Å². The van der Waals surface area contributed by atoms with Gasteiger partial charge in [-0.3, -0.25) is 9.78 Å². The number of piperidine rings is 1. The highest BCUT2D eigenvalue weighted by Gasteiger charge is 2.25. The number of nitrogens with one attached hydrogen (secondary N) is 1. The second kappa shape index (κ2) is 7.35. The Balaban J connectivity index is 1.74. The molecule has 0 aliphatic carbocycles. The lowest BCUT2D eigenvalue weighted by molar-refractivity contribution is -0.135. The molecule has 1 atom stereocenters. The molecule has 2 aromatic rings. The van der Waals surface area contributed by atoms with Gasteiger partial charge in [0.25, 0.3) is 0 Å². The Morgan fingerprint density at radius 2 is 2.21 bits per heavy atom. The van der Waals surface area contributed by atoms with Gasteiger partial charge in [-0.1, -0.05) is 6.07 Å². The number of carbonyl (C=O) groups is 1. The topological polar surface area (TPSA) is 91.2 Å². The van der Waals surface area contributed by atoms with Crippen LogP contribution >= 0.6 is 0 Å². The zero-order valence-corrected chi connectivity index (χ0v) is 13.6. The van der Waals surface area contributed by atoms with Crippen LogP contribution in [0.1, 0.15) is 30.1 Å². The van der Waals surface area contributed by atoms with E-state index in [0.29, 0.717) is 18.9 Å². The van der Waals surface area contributed by atoms with Crippen LogP contribution in [0.15, 0.2) is 30.6 Å². The van der Waals surface area contributed by atoms with Crippen molar-refractivity contribution in [3.05, 3.63) is 42.0 Å². The average molecular weight is 327 g/mol. The predicted octanol–water partition coefficient (Wildman–Crippen LogP) is 1.62. The van der Waals surface area contributed by atoms with E-state index in [-0.39, 0.29) is 11.8 Å². The molecule has 24 heavy (non-hydrogen) atoms. The number of aryl methyl sites for hydroxylation is 1. The van der Waals surface area contributed by atoms with Gasteiger partial charge in [-0.15, -0.1) is 0 Å². The summed E-state index contributed by atoms with van der Waals surface area (Å²) in [4.78, 5) is 26.7. The summed E-state index contributed by atoms with van der Waals surface area (Å²) < 4.78 is 0. The summed E-state index contributed by atoms with van der Waals surface area (Å²) in [6.45, 7) is 2.75. The molecule has 3 heterocycles. The highest BCUT2D eigenvalue weighted by Crippen LogP contribution is 2.26. The molecule has 0 saturated carbocycles. The lowest BCUT2D eigenvalue weighted by atomic mass is 9.95. The van der Waals surface area contributed by atoms with Crippen LogP contribution < -0.4 is 5.32 Å². The smallest absolute Gasteiger partial charge is 0.248 e. The summed E-state index contributed by atoms with van der Waals surface area (Å²) in [5.41, 5.74) is 1.78. The number of carbonyl (C=O) groups excluding carboxylic acids is 1. The van der Waals surface area contributed by atoms with E-state index in [0.717, 1.165) is 30.0 Å². The van der Waals surface area contributed by atoms with Gasteiger partial charge in [0, 0.05) is 30.9 Å². The third-order valence-corrected chi connectivity index (χ3v) is 4.13. The summed E-state index contributed by atoms with van der Waals surface area (Å²) in [5.74, 6) is 1.26. The normalized spacial score (nSPS) is 17.6. The lowest BCUT2D eigenvalue weighted by Crippen LogP contribution is -2.40. The van der Waals surface area contributed by atoms with Crippen LogP contribution in [0.5, 0.6) is 0 Å². The Hall–Kier alpha value is -2.54. The number of hydrogen-bond acceptors (Lipinski definition) is 6. The number of hydrogen-bond donors (Lipinski definition) is 2. The number of aliphatic hydroxyl groups is 1. The van der Waals surface area contributed by atoms with Gasteiger partial charge < -0.3 is 15.3 Å². The van der Waals surface area contributed by atoms with Crippen LogP contribution in [0, 0.1) is 6.92 Å². The monoisotopic (exact) mass is 327 g/mol. The maximum atomic E-state index is 11.7. The summed E-state index contributed by atoms with van der Waals surface area (Å²) >= 11 is 0. The first kappa shape index (κ1) is 16.3. The fraction of sp³-hybridized carbons (Fsp3) is 0.412. The summed E-state index contributed by atoms with van der Waals surface area (Å²) in [6.07, 6.45) is 5.25. The lowest BCUT2D eigenvalue weighted by Gasteiger charge is -2.32. The van der Waals surface area contributed by atoms with Crippen molar-refractivity contribution >= 4 is 17.5 Å². The van der Waals surface area contributed by atoms with Crippen molar-refractivity contribution in [2.45, 2.75) is 25.7 Å². The number of pyridine rings is 1. The summed E-state index contributed by atoms with van der Waals surface area (Å²) in [5, 5.41) is 12.2. The Labute approximate surface area is 140 Å². The second-order valence-corrected chi connectivity index (χ2v) is 5.96. The van der Waals surface area contributed by atoms with Crippen molar-refractivity contribution in [1.82, 2.24) is 19.9 Å².